The number of aromatic nitrogens is 1. The summed E-state index contributed by atoms with van der Waals surface area (Å²) in [6.07, 6.45) is 0.0862. The maximum atomic E-state index is 13.3. The van der Waals surface area contributed by atoms with E-state index < -0.39 is 5.97 Å². The molecule has 8 nitrogen and oxygen atoms in total. The molecule has 39 heavy (non-hydrogen) atoms. The van der Waals surface area contributed by atoms with Crippen molar-refractivity contribution in [3.8, 4) is 34.3 Å². The summed E-state index contributed by atoms with van der Waals surface area (Å²) in [6.45, 7) is 2.25. The van der Waals surface area contributed by atoms with E-state index in [4.69, 9.17) is 9.47 Å². The Labute approximate surface area is 226 Å². The topological polar surface area (TPSA) is 113 Å². The molecule has 1 amide bonds. The largest absolute Gasteiger partial charge is 0.473 e. The van der Waals surface area contributed by atoms with Crippen LogP contribution in [0.3, 0.4) is 0 Å². The van der Waals surface area contributed by atoms with Crippen LogP contribution in [0.25, 0.3) is 22.4 Å². The highest BCUT2D eigenvalue weighted by atomic mass is 16.5. The molecule has 2 heterocycles. The van der Waals surface area contributed by atoms with E-state index in [2.05, 4.69) is 21.7 Å². The number of amides is 1. The van der Waals surface area contributed by atoms with Gasteiger partial charge < -0.3 is 20.1 Å². The zero-order valence-corrected chi connectivity index (χ0v) is 21.8. The first-order valence-corrected chi connectivity index (χ1v) is 12.4. The van der Waals surface area contributed by atoms with Crippen LogP contribution in [0.4, 0.5) is 11.4 Å². The van der Waals surface area contributed by atoms with Crippen molar-refractivity contribution in [1.82, 2.24) is 4.98 Å². The van der Waals surface area contributed by atoms with Gasteiger partial charge in [0.1, 0.15) is 6.61 Å². The molecule has 1 aromatic heterocycles. The summed E-state index contributed by atoms with van der Waals surface area (Å²) in [5, 5.41) is 15.6. The number of methoxy groups -OCH3 is 1. The molecule has 0 atom stereocenters. The van der Waals surface area contributed by atoms with Crippen LogP contribution < -0.4 is 15.4 Å². The Bertz CT molecular complexity index is 1660. The summed E-state index contributed by atoms with van der Waals surface area (Å²) >= 11 is 0. The number of carbonyl (C=O) groups is 2. The number of nitrogens with one attached hydrogen (secondary N) is 2. The second-order valence-corrected chi connectivity index (χ2v) is 9.18. The van der Waals surface area contributed by atoms with E-state index in [1.165, 1.54) is 7.11 Å². The van der Waals surface area contributed by atoms with Gasteiger partial charge in [-0.1, -0.05) is 18.2 Å². The van der Waals surface area contributed by atoms with E-state index in [0.717, 1.165) is 39.1 Å². The number of carbonyl (C=O) groups excluding carboxylic acids is 2. The second-order valence-electron chi connectivity index (χ2n) is 9.18. The fourth-order valence-electron chi connectivity index (χ4n) is 4.73. The fourth-order valence-corrected chi connectivity index (χ4v) is 4.73. The van der Waals surface area contributed by atoms with Crippen molar-refractivity contribution in [1.29, 1.82) is 5.26 Å². The second kappa shape index (κ2) is 10.7. The van der Waals surface area contributed by atoms with E-state index in [-0.39, 0.29) is 18.9 Å². The van der Waals surface area contributed by atoms with Gasteiger partial charge in [0.05, 0.1) is 47.8 Å². The van der Waals surface area contributed by atoms with Crippen molar-refractivity contribution in [2.24, 2.45) is 0 Å². The molecule has 0 saturated carbocycles. The molecule has 0 spiro atoms. The van der Waals surface area contributed by atoms with Crippen molar-refractivity contribution in [2.45, 2.75) is 20.0 Å². The molecule has 0 fully saturated rings. The van der Waals surface area contributed by atoms with Crippen LogP contribution in [0.15, 0.2) is 66.7 Å². The lowest BCUT2D eigenvalue weighted by molar-refractivity contribution is -0.115. The first-order chi connectivity index (χ1) is 18.9. The number of hydrogen-bond acceptors (Lipinski definition) is 7. The van der Waals surface area contributed by atoms with E-state index in [0.29, 0.717) is 28.4 Å². The number of aryl methyl sites for hydroxylation is 1. The van der Waals surface area contributed by atoms with Crippen molar-refractivity contribution in [3.63, 3.8) is 0 Å². The van der Waals surface area contributed by atoms with Crippen LogP contribution in [0.5, 0.6) is 5.88 Å². The normalized spacial score (nSPS) is 11.3. The van der Waals surface area contributed by atoms with Crippen molar-refractivity contribution in [3.05, 3.63) is 94.5 Å². The lowest BCUT2D eigenvalue weighted by atomic mass is 9.88. The van der Waals surface area contributed by atoms with E-state index in [1.54, 1.807) is 31.3 Å². The van der Waals surface area contributed by atoms with Gasteiger partial charge in [-0.25, -0.2) is 9.78 Å². The number of nitriles is 1. The van der Waals surface area contributed by atoms with Crippen molar-refractivity contribution < 1.29 is 19.1 Å². The molecule has 2 N–H and O–H groups in total. The Morgan fingerprint density at radius 1 is 1.03 bits per heavy atom. The highest BCUT2D eigenvalue weighted by Gasteiger charge is 2.20. The lowest BCUT2D eigenvalue weighted by Gasteiger charge is -2.20. The number of rotatable bonds is 5. The van der Waals surface area contributed by atoms with Crippen LogP contribution in [0.2, 0.25) is 0 Å². The van der Waals surface area contributed by atoms with Crippen molar-refractivity contribution >= 4 is 23.3 Å². The monoisotopic (exact) mass is 518 g/mol. The van der Waals surface area contributed by atoms with Crippen LogP contribution in [-0.4, -0.2) is 31.0 Å². The number of ether oxygens (including phenoxy) is 2. The predicted octanol–water partition coefficient (Wildman–Crippen LogP) is 5.50. The minimum atomic E-state index is -0.461. The van der Waals surface area contributed by atoms with Gasteiger partial charge in [0.25, 0.3) is 0 Å². The molecule has 4 aromatic rings. The molecule has 194 valence electrons. The third-order valence-electron chi connectivity index (χ3n) is 6.69. The average molecular weight is 519 g/mol. The SMILES string of the molecule is CNc1cc(C(=O)OC)ccc1NC(=O)Cc1cc(C)c2cc1-c1cc(C#N)ccc1COc1cccc-2n1. The van der Waals surface area contributed by atoms with Gasteiger partial charge in [-0.05, 0) is 77.2 Å². The lowest BCUT2D eigenvalue weighted by Crippen LogP contribution is -2.17. The van der Waals surface area contributed by atoms with Gasteiger partial charge in [0.15, 0.2) is 0 Å². The summed E-state index contributed by atoms with van der Waals surface area (Å²) in [4.78, 5) is 29.9. The molecule has 5 rings (SSSR count). The van der Waals surface area contributed by atoms with Crippen molar-refractivity contribution in [2.75, 3.05) is 24.8 Å². The number of nitrogens with zero attached hydrogens (tertiary/aromatic N) is 2. The Kier molecular flexibility index (Phi) is 6.98. The first kappa shape index (κ1) is 25.5. The van der Waals surface area contributed by atoms with Gasteiger partial charge in [0, 0.05) is 18.7 Å². The minimum Gasteiger partial charge on any atom is -0.473 e. The quantitative estimate of drug-likeness (QED) is 0.336. The van der Waals surface area contributed by atoms with E-state index >= 15 is 0 Å². The molecule has 0 aliphatic carbocycles. The minimum absolute atomic E-state index is 0.0862. The molecule has 1 aliphatic rings. The smallest absolute Gasteiger partial charge is 0.337 e. The molecule has 0 saturated heterocycles. The van der Waals surface area contributed by atoms with Crippen LogP contribution >= 0.6 is 0 Å². The molecular formula is C31H26N4O4. The summed E-state index contributed by atoms with van der Waals surface area (Å²) in [6, 6.07) is 22.3. The maximum absolute atomic E-state index is 13.3. The molecule has 3 aromatic carbocycles. The number of esters is 1. The zero-order valence-electron chi connectivity index (χ0n) is 21.8. The number of pyridine rings is 1. The van der Waals surface area contributed by atoms with Gasteiger partial charge >= 0.3 is 5.97 Å². The molecule has 1 aliphatic heterocycles. The maximum Gasteiger partial charge on any atom is 0.337 e. The van der Waals surface area contributed by atoms with E-state index in [1.807, 2.05) is 49.4 Å². The van der Waals surface area contributed by atoms with Crippen LogP contribution in [0.1, 0.15) is 32.6 Å². The summed E-state index contributed by atoms with van der Waals surface area (Å²) in [7, 11) is 3.03. The first-order valence-electron chi connectivity index (χ1n) is 12.4. The molecule has 8 heteroatoms. The Morgan fingerprint density at radius 3 is 2.64 bits per heavy atom. The number of hydrogen-bond donors (Lipinski definition) is 2. The van der Waals surface area contributed by atoms with Gasteiger partial charge in [0.2, 0.25) is 11.8 Å². The Hall–Kier alpha value is -5.16. The van der Waals surface area contributed by atoms with Crippen LogP contribution in [-0.2, 0) is 22.6 Å². The number of fused-ring (bicyclic) bond motifs is 7. The average Bonchev–Trinajstić information content (AvgIpc) is 2.95. The standard InChI is InChI=1S/C31H26N4O4/c1-18-11-22(14-29(36)34-27-10-9-20(31(37)38-3)13-28(27)33-2)25-15-23(18)26-5-4-6-30(35-26)39-17-21-8-7-19(16-32)12-24(21)25/h4-13,15,33H,14,17H2,1-3H3,(H,34,36). The highest BCUT2D eigenvalue weighted by molar-refractivity contribution is 5.99. The Balaban J connectivity index is 1.56. The molecule has 4 bridgehead atoms. The summed E-state index contributed by atoms with van der Waals surface area (Å²) in [5.74, 6) is -0.169. The summed E-state index contributed by atoms with van der Waals surface area (Å²) in [5.41, 5.74) is 8.04. The van der Waals surface area contributed by atoms with Crippen LogP contribution in [0, 0.1) is 18.3 Å². The Morgan fingerprint density at radius 2 is 1.87 bits per heavy atom. The molecule has 0 radical (unpaired) electrons. The van der Waals surface area contributed by atoms with Gasteiger partial charge in [-0.15, -0.1) is 0 Å². The molecule has 0 unspecified atom stereocenters. The zero-order chi connectivity index (χ0) is 27.5. The number of benzene rings is 3. The fraction of sp³-hybridized carbons (Fsp3) is 0.161. The predicted molar refractivity (Wildman–Crippen MR) is 149 cm³/mol. The third kappa shape index (κ3) is 5.15. The molecular weight excluding hydrogens is 492 g/mol. The summed E-state index contributed by atoms with van der Waals surface area (Å²) < 4.78 is 10.8. The highest BCUT2D eigenvalue weighted by Crippen LogP contribution is 2.36. The van der Waals surface area contributed by atoms with Gasteiger partial charge in [-0.3, -0.25) is 4.79 Å². The van der Waals surface area contributed by atoms with Gasteiger partial charge in [-0.2, -0.15) is 5.26 Å². The van der Waals surface area contributed by atoms with E-state index in [9.17, 15) is 14.9 Å². The number of anilines is 2. The third-order valence-corrected chi connectivity index (χ3v) is 6.69.